The summed E-state index contributed by atoms with van der Waals surface area (Å²) in [4.78, 5) is 0. The van der Waals surface area contributed by atoms with E-state index in [0.717, 1.165) is 0 Å². The lowest BCUT2D eigenvalue weighted by atomic mass is 10.1. The Labute approximate surface area is 224 Å². The van der Waals surface area contributed by atoms with Crippen LogP contribution >= 0.6 is 0 Å². The molecule has 0 heterocycles. The monoisotopic (exact) mass is 550 g/mol. The molecule has 0 aromatic heterocycles. The third kappa shape index (κ3) is 5.88. The third-order valence-corrected chi connectivity index (χ3v) is 19.9. The number of benzene rings is 2. The van der Waals surface area contributed by atoms with Crippen molar-refractivity contribution in [1.82, 2.24) is 0 Å². The molecule has 0 radical (unpaired) electrons. The normalized spacial score (nSPS) is 14.8. The van der Waals surface area contributed by atoms with Gasteiger partial charge in [0.2, 0.25) is 11.5 Å². The Balaban J connectivity index is 2.86. The molecule has 0 saturated heterocycles. The molecule has 0 aliphatic heterocycles. The molecule has 0 bridgehead atoms. The first-order valence-electron chi connectivity index (χ1n) is 12.6. The Morgan fingerprint density at radius 2 is 0.811 bits per heavy atom. The first-order valence-corrected chi connectivity index (χ1v) is 18.7. The highest BCUT2D eigenvalue weighted by molar-refractivity contribution is 6.82. The number of aromatic hydroxyl groups is 4. The van der Waals surface area contributed by atoms with Gasteiger partial charge in [-0.2, -0.15) is 0 Å². The van der Waals surface area contributed by atoms with Crippen molar-refractivity contribution in [3.8, 4) is 34.5 Å². The predicted molar refractivity (Wildman–Crippen MR) is 154 cm³/mol. The van der Waals surface area contributed by atoms with Gasteiger partial charge in [-0.25, -0.2) is 0 Å². The van der Waals surface area contributed by atoms with Gasteiger partial charge < -0.3 is 34.6 Å². The largest absolute Gasteiger partial charge is 0.504 e. The number of methoxy groups -OCH3 is 2. The average molecular weight is 551 g/mol. The van der Waals surface area contributed by atoms with Crippen molar-refractivity contribution < 1.29 is 34.6 Å². The summed E-state index contributed by atoms with van der Waals surface area (Å²) in [5, 5.41) is 42.4. The lowest BCUT2D eigenvalue weighted by molar-refractivity contribution is 0.0608. The zero-order valence-electron chi connectivity index (χ0n) is 24.5. The smallest absolute Gasteiger partial charge is 0.202 e. The number of hydrogen-bond acceptors (Lipinski definition) is 7. The van der Waals surface area contributed by atoms with Gasteiger partial charge >= 0.3 is 0 Å². The van der Waals surface area contributed by atoms with Crippen molar-refractivity contribution in [2.75, 3.05) is 14.2 Å². The van der Waals surface area contributed by atoms with Crippen molar-refractivity contribution in [3.63, 3.8) is 0 Å². The number of phenolic OH excluding ortho intramolecular Hbond substituents is 4. The van der Waals surface area contributed by atoms with E-state index in [2.05, 4.69) is 67.7 Å². The van der Waals surface area contributed by atoms with E-state index in [4.69, 9.17) is 14.2 Å². The maximum atomic E-state index is 10.7. The second-order valence-corrected chi connectivity index (χ2v) is 24.0. The minimum absolute atomic E-state index is 0.0173. The van der Waals surface area contributed by atoms with Crippen LogP contribution in [0.1, 0.15) is 64.1 Å². The minimum atomic E-state index is -2.34. The number of phenols is 4. The minimum Gasteiger partial charge on any atom is -0.504 e. The molecule has 0 saturated carbocycles. The molecule has 2 aromatic rings. The van der Waals surface area contributed by atoms with Gasteiger partial charge in [0.1, 0.15) is 0 Å². The second-order valence-electron chi connectivity index (χ2n) is 13.0. The second kappa shape index (κ2) is 10.4. The Kier molecular flexibility index (Phi) is 8.69. The first-order chi connectivity index (χ1) is 16.7. The van der Waals surface area contributed by atoms with E-state index in [-0.39, 0.29) is 44.6 Å². The van der Waals surface area contributed by atoms with Crippen LogP contribution in [0.25, 0.3) is 0 Å². The van der Waals surface area contributed by atoms with Crippen LogP contribution < -0.4 is 9.47 Å². The van der Waals surface area contributed by atoms with Crippen LogP contribution in [0.2, 0.25) is 36.3 Å². The summed E-state index contributed by atoms with van der Waals surface area (Å²) in [6, 6.07) is 6.43. The fraction of sp³-hybridized carbons (Fsp3) is 0.571. The topological polar surface area (TPSA) is 109 Å². The molecule has 0 aliphatic carbocycles. The molecule has 37 heavy (non-hydrogen) atoms. The standard InChI is InChI=1S/C28H46O7Si2/c1-27(2,3)36(9,10)25(17-13-19(29)23(33-7)20(30)14-17)35-26(37(11,12)28(4,5)6)18-15-21(31)24(34-8)22(32)16-18/h13-16,25-26,29-32H,1-12H3. The Bertz CT molecular complexity index is 981. The van der Waals surface area contributed by atoms with Crippen LogP contribution in [0.15, 0.2) is 24.3 Å². The molecule has 2 rings (SSSR count). The SMILES string of the molecule is COc1c(O)cc(C(OC(c2cc(O)c(OC)c(O)c2)[Si](C)(C)C(C)(C)C)[Si](C)(C)C(C)(C)C)cc1O. The molecule has 2 aromatic carbocycles. The van der Waals surface area contributed by atoms with Crippen molar-refractivity contribution in [2.24, 2.45) is 0 Å². The Hall–Kier alpha value is -2.37. The fourth-order valence-corrected chi connectivity index (χ4v) is 8.88. The van der Waals surface area contributed by atoms with E-state index >= 15 is 0 Å². The van der Waals surface area contributed by atoms with Gasteiger partial charge in [-0.3, -0.25) is 0 Å². The molecule has 0 amide bonds. The van der Waals surface area contributed by atoms with Gasteiger partial charge in [0, 0.05) is 0 Å². The highest BCUT2D eigenvalue weighted by Gasteiger charge is 2.50. The average Bonchev–Trinajstić information content (AvgIpc) is 2.71. The summed E-state index contributed by atoms with van der Waals surface area (Å²) in [7, 11) is -1.89. The van der Waals surface area contributed by atoms with Gasteiger partial charge in [-0.15, -0.1) is 0 Å². The van der Waals surface area contributed by atoms with Crippen molar-refractivity contribution in [1.29, 1.82) is 0 Å². The van der Waals surface area contributed by atoms with Crippen molar-refractivity contribution in [2.45, 2.75) is 89.3 Å². The molecule has 7 nitrogen and oxygen atoms in total. The van der Waals surface area contributed by atoms with E-state index in [9.17, 15) is 20.4 Å². The summed E-state index contributed by atoms with van der Waals surface area (Å²) in [6.07, 6.45) is 0. The molecule has 4 N–H and O–H groups in total. The highest BCUT2D eigenvalue weighted by atomic mass is 28.3. The molecule has 208 valence electrons. The van der Waals surface area contributed by atoms with Crippen LogP contribution in [-0.4, -0.2) is 50.8 Å². The van der Waals surface area contributed by atoms with Crippen LogP contribution in [0.5, 0.6) is 34.5 Å². The molecule has 0 fully saturated rings. The quantitative estimate of drug-likeness (QED) is 0.253. The van der Waals surface area contributed by atoms with Gasteiger partial charge in [-0.05, 0) is 45.5 Å². The Morgan fingerprint density at radius 3 is 1.00 bits per heavy atom. The zero-order valence-corrected chi connectivity index (χ0v) is 26.5. The van der Waals surface area contributed by atoms with Gasteiger partial charge in [0.25, 0.3) is 0 Å². The molecule has 2 atom stereocenters. The summed E-state index contributed by atoms with van der Waals surface area (Å²) in [5.41, 5.74) is 0.433. The zero-order chi connectivity index (χ0) is 28.7. The summed E-state index contributed by atoms with van der Waals surface area (Å²) < 4.78 is 17.5. The Morgan fingerprint density at radius 1 is 0.568 bits per heavy atom. The molecule has 0 aliphatic rings. The van der Waals surface area contributed by atoms with Gasteiger partial charge in [0.15, 0.2) is 23.0 Å². The van der Waals surface area contributed by atoms with Crippen LogP contribution in [0, 0.1) is 0 Å². The lowest BCUT2D eigenvalue weighted by Gasteiger charge is -2.49. The van der Waals surface area contributed by atoms with E-state index < -0.39 is 27.6 Å². The van der Waals surface area contributed by atoms with Crippen LogP contribution in [0.4, 0.5) is 0 Å². The number of rotatable bonds is 8. The van der Waals surface area contributed by atoms with Crippen LogP contribution in [0.3, 0.4) is 0 Å². The third-order valence-electron chi connectivity index (χ3n) is 8.61. The van der Waals surface area contributed by atoms with Crippen molar-refractivity contribution in [3.05, 3.63) is 35.4 Å². The number of hydrogen-bond donors (Lipinski definition) is 4. The van der Waals surface area contributed by atoms with E-state index in [1.165, 1.54) is 14.2 Å². The van der Waals surface area contributed by atoms with Crippen molar-refractivity contribution >= 4 is 16.1 Å². The molecular formula is C28H46O7Si2. The van der Waals surface area contributed by atoms with Gasteiger partial charge in [-0.1, -0.05) is 67.7 Å². The highest BCUT2D eigenvalue weighted by Crippen LogP contribution is 2.54. The summed E-state index contributed by atoms with van der Waals surface area (Å²) in [5.74, 6) is -0.601. The van der Waals surface area contributed by atoms with E-state index in [1.807, 2.05) is 0 Å². The van der Waals surface area contributed by atoms with E-state index in [1.54, 1.807) is 24.3 Å². The maximum Gasteiger partial charge on any atom is 0.202 e. The lowest BCUT2D eigenvalue weighted by Crippen LogP contribution is -2.50. The number of ether oxygens (including phenoxy) is 3. The van der Waals surface area contributed by atoms with Crippen LogP contribution in [-0.2, 0) is 4.74 Å². The molecule has 0 spiro atoms. The molecular weight excluding hydrogens is 504 g/mol. The summed E-state index contributed by atoms with van der Waals surface area (Å²) >= 11 is 0. The first kappa shape index (κ1) is 30.9. The van der Waals surface area contributed by atoms with Gasteiger partial charge in [0.05, 0.1) is 41.8 Å². The fourth-order valence-electron chi connectivity index (χ4n) is 4.21. The molecule has 2 unspecified atom stereocenters. The molecule has 9 heteroatoms. The summed E-state index contributed by atoms with van der Waals surface area (Å²) in [6.45, 7) is 22.1. The predicted octanol–water partition coefficient (Wildman–Crippen LogP) is 7.42. The maximum absolute atomic E-state index is 10.7. The van der Waals surface area contributed by atoms with E-state index in [0.29, 0.717) is 11.1 Å².